The third-order valence-electron chi connectivity index (χ3n) is 3.08. The molecule has 0 bridgehead atoms. The van der Waals surface area contributed by atoms with Crippen molar-refractivity contribution >= 4 is 0 Å². The van der Waals surface area contributed by atoms with Crippen LogP contribution in [0.25, 0.3) is 0 Å². The van der Waals surface area contributed by atoms with Gasteiger partial charge >= 0.3 is 0 Å². The fourth-order valence-electron chi connectivity index (χ4n) is 2.51. The van der Waals surface area contributed by atoms with Crippen molar-refractivity contribution in [1.82, 2.24) is 4.90 Å². The van der Waals surface area contributed by atoms with Crippen LogP contribution in [0.5, 0.6) is 0 Å². The molecule has 2 aliphatic heterocycles. The Morgan fingerprint density at radius 2 is 2.36 bits per heavy atom. The van der Waals surface area contributed by atoms with Crippen molar-refractivity contribution in [3.05, 3.63) is 0 Å². The van der Waals surface area contributed by atoms with Gasteiger partial charge in [-0.05, 0) is 25.8 Å². The number of aliphatic hydroxyl groups excluding tert-OH is 2. The average molecular weight is 157 g/mol. The quantitative estimate of drug-likeness (QED) is 0.543. The van der Waals surface area contributed by atoms with Gasteiger partial charge in [-0.3, -0.25) is 4.90 Å². The molecule has 0 radical (unpaired) electrons. The number of hydrogen-bond donors (Lipinski definition) is 2. The maximum absolute atomic E-state index is 9.38. The summed E-state index contributed by atoms with van der Waals surface area (Å²) >= 11 is 0. The zero-order chi connectivity index (χ0) is 7.90. The number of β-amino-alcohol motifs (C(OH)–C–C–N with tert-alkyl or cyclic N) is 1. The van der Waals surface area contributed by atoms with E-state index in [2.05, 4.69) is 4.90 Å². The molecule has 2 heterocycles. The van der Waals surface area contributed by atoms with Gasteiger partial charge in [0.1, 0.15) is 0 Å². The number of nitrogens with zero attached hydrogens (tertiary/aromatic N) is 1. The third kappa shape index (κ3) is 0.991. The van der Waals surface area contributed by atoms with Gasteiger partial charge < -0.3 is 10.2 Å². The lowest BCUT2D eigenvalue weighted by Crippen LogP contribution is -2.41. The Kier molecular flexibility index (Phi) is 1.67. The number of fused-ring (bicyclic) bond motifs is 1. The Balaban J connectivity index is 2.15. The van der Waals surface area contributed by atoms with Crippen LogP contribution in [0.3, 0.4) is 0 Å². The first kappa shape index (κ1) is 7.53. The fraction of sp³-hybridized carbons (Fsp3) is 1.00. The minimum absolute atomic E-state index is 0.0422. The highest BCUT2D eigenvalue weighted by Crippen LogP contribution is 2.38. The predicted octanol–water partition coefficient (Wildman–Crippen LogP) is -0.422. The van der Waals surface area contributed by atoms with Gasteiger partial charge in [0.05, 0.1) is 12.7 Å². The van der Waals surface area contributed by atoms with Crippen LogP contribution >= 0.6 is 0 Å². The van der Waals surface area contributed by atoms with E-state index in [1.165, 1.54) is 6.42 Å². The molecule has 0 saturated carbocycles. The highest BCUT2D eigenvalue weighted by Gasteiger charge is 2.47. The van der Waals surface area contributed by atoms with E-state index in [0.29, 0.717) is 0 Å². The summed E-state index contributed by atoms with van der Waals surface area (Å²) < 4.78 is 0. The Hall–Kier alpha value is -0.120. The summed E-state index contributed by atoms with van der Waals surface area (Å²) in [6.45, 7) is 2.03. The number of rotatable bonds is 1. The lowest BCUT2D eigenvalue weighted by atomic mass is 9.95. The summed E-state index contributed by atoms with van der Waals surface area (Å²) in [4.78, 5) is 2.23. The number of aliphatic hydroxyl groups is 2. The highest BCUT2D eigenvalue weighted by molar-refractivity contribution is 5.02. The first-order valence-electron chi connectivity index (χ1n) is 4.31. The van der Waals surface area contributed by atoms with E-state index < -0.39 is 0 Å². The molecule has 0 aromatic heterocycles. The van der Waals surface area contributed by atoms with E-state index in [1.54, 1.807) is 0 Å². The second-order valence-corrected chi connectivity index (χ2v) is 3.79. The van der Waals surface area contributed by atoms with Gasteiger partial charge in [-0.25, -0.2) is 0 Å². The molecule has 0 aromatic rings. The molecule has 0 aliphatic carbocycles. The molecule has 2 rings (SSSR count). The lowest BCUT2D eigenvalue weighted by molar-refractivity contribution is 0.0990. The SMILES string of the molecule is OCC12CCCN1CC(O)C2. The average Bonchev–Trinajstić information content (AvgIpc) is 2.43. The van der Waals surface area contributed by atoms with Crippen LogP contribution in [0, 0.1) is 0 Å². The summed E-state index contributed by atoms with van der Waals surface area (Å²) in [6, 6.07) is 0. The minimum Gasteiger partial charge on any atom is -0.394 e. The molecule has 0 amide bonds. The molecular weight excluding hydrogens is 142 g/mol. The molecule has 3 nitrogen and oxygen atoms in total. The van der Waals surface area contributed by atoms with Crippen LogP contribution in [0.15, 0.2) is 0 Å². The van der Waals surface area contributed by atoms with Gasteiger partial charge in [0.2, 0.25) is 0 Å². The zero-order valence-corrected chi connectivity index (χ0v) is 6.66. The van der Waals surface area contributed by atoms with Crippen molar-refractivity contribution < 1.29 is 10.2 Å². The Morgan fingerprint density at radius 3 is 3.00 bits per heavy atom. The first-order valence-corrected chi connectivity index (χ1v) is 4.31. The Bertz CT molecular complexity index is 162. The molecule has 2 atom stereocenters. The summed E-state index contributed by atoms with van der Waals surface area (Å²) in [5, 5.41) is 18.6. The van der Waals surface area contributed by atoms with E-state index >= 15 is 0 Å². The van der Waals surface area contributed by atoms with E-state index in [1.807, 2.05) is 0 Å². The van der Waals surface area contributed by atoms with Gasteiger partial charge in [0.25, 0.3) is 0 Å². The van der Waals surface area contributed by atoms with Crippen LogP contribution in [0.1, 0.15) is 19.3 Å². The van der Waals surface area contributed by atoms with Crippen molar-refractivity contribution in [3.63, 3.8) is 0 Å². The van der Waals surface area contributed by atoms with E-state index in [4.69, 9.17) is 0 Å². The molecule has 2 aliphatic rings. The Morgan fingerprint density at radius 1 is 1.55 bits per heavy atom. The molecule has 64 valence electrons. The van der Waals surface area contributed by atoms with Crippen LogP contribution in [-0.4, -0.2) is 46.5 Å². The summed E-state index contributed by atoms with van der Waals surface area (Å²) in [5.41, 5.74) is -0.0422. The molecule has 2 fully saturated rings. The van der Waals surface area contributed by atoms with Crippen molar-refractivity contribution in [1.29, 1.82) is 0 Å². The van der Waals surface area contributed by atoms with Gasteiger partial charge in [0.15, 0.2) is 0 Å². The normalized spacial score (nSPS) is 44.7. The Labute approximate surface area is 66.6 Å². The standard InChI is InChI=1S/C8H15NO2/c10-6-8-2-1-3-9(8)5-7(11)4-8/h7,10-11H,1-6H2. The number of hydrogen-bond acceptors (Lipinski definition) is 3. The summed E-state index contributed by atoms with van der Waals surface area (Å²) in [6.07, 6.45) is 2.79. The predicted molar refractivity (Wildman–Crippen MR) is 41.2 cm³/mol. The molecule has 2 saturated heterocycles. The zero-order valence-electron chi connectivity index (χ0n) is 6.66. The highest BCUT2D eigenvalue weighted by atomic mass is 16.3. The molecule has 0 spiro atoms. The van der Waals surface area contributed by atoms with E-state index in [0.717, 1.165) is 25.9 Å². The van der Waals surface area contributed by atoms with Gasteiger partial charge in [-0.15, -0.1) is 0 Å². The van der Waals surface area contributed by atoms with Gasteiger partial charge in [-0.1, -0.05) is 0 Å². The van der Waals surface area contributed by atoms with Crippen LogP contribution in [0.2, 0.25) is 0 Å². The third-order valence-corrected chi connectivity index (χ3v) is 3.08. The summed E-state index contributed by atoms with van der Waals surface area (Å²) in [5.74, 6) is 0. The van der Waals surface area contributed by atoms with Crippen LogP contribution in [-0.2, 0) is 0 Å². The second kappa shape index (κ2) is 2.44. The minimum atomic E-state index is -0.206. The molecule has 2 N–H and O–H groups in total. The molecule has 3 heteroatoms. The van der Waals surface area contributed by atoms with Crippen LogP contribution in [0.4, 0.5) is 0 Å². The van der Waals surface area contributed by atoms with Crippen molar-refractivity contribution in [2.24, 2.45) is 0 Å². The smallest absolute Gasteiger partial charge is 0.0685 e. The molecule has 0 aromatic carbocycles. The van der Waals surface area contributed by atoms with Crippen LogP contribution < -0.4 is 0 Å². The second-order valence-electron chi connectivity index (χ2n) is 3.79. The maximum Gasteiger partial charge on any atom is 0.0685 e. The van der Waals surface area contributed by atoms with E-state index in [9.17, 15) is 10.2 Å². The van der Waals surface area contributed by atoms with Crippen molar-refractivity contribution in [3.8, 4) is 0 Å². The van der Waals surface area contributed by atoms with Gasteiger partial charge in [0, 0.05) is 12.1 Å². The summed E-state index contributed by atoms with van der Waals surface area (Å²) in [7, 11) is 0. The maximum atomic E-state index is 9.38. The monoisotopic (exact) mass is 157 g/mol. The van der Waals surface area contributed by atoms with Crippen molar-refractivity contribution in [2.45, 2.75) is 30.9 Å². The van der Waals surface area contributed by atoms with E-state index in [-0.39, 0.29) is 18.2 Å². The first-order chi connectivity index (χ1) is 5.27. The lowest BCUT2D eigenvalue weighted by Gasteiger charge is -2.28. The molecule has 2 unspecified atom stereocenters. The molecule has 11 heavy (non-hydrogen) atoms. The van der Waals surface area contributed by atoms with Gasteiger partial charge in [-0.2, -0.15) is 0 Å². The largest absolute Gasteiger partial charge is 0.394 e. The van der Waals surface area contributed by atoms with Crippen molar-refractivity contribution in [2.75, 3.05) is 19.7 Å². The molecular formula is C8H15NO2. The topological polar surface area (TPSA) is 43.7 Å². The fourth-order valence-corrected chi connectivity index (χ4v) is 2.51.